The summed E-state index contributed by atoms with van der Waals surface area (Å²) in [6.45, 7) is 2.15. The first-order chi connectivity index (χ1) is 8.84. The van der Waals surface area contributed by atoms with E-state index in [1.165, 1.54) is 20.6 Å². The van der Waals surface area contributed by atoms with Crippen LogP contribution in [0.15, 0.2) is 42.6 Å². The van der Waals surface area contributed by atoms with Crippen LogP contribution in [0.3, 0.4) is 0 Å². The molecule has 0 unspecified atom stereocenters. The number of para-hydroxylation sites is 1. The molecule has 0 fully saturated rings. The van der Waals surface area contributed by atoms with Gasteiger partial charge in [-0.05, 0) is 19.1 Å². The molecule has 0 saturated carbocycles. The molecule has 5 nitrogen and oxygen atoms in total. The molecule has 0 saturated heterocycles. The first-order valence-corrected chi connectivity index (χ1v) is 7.31. The SMILES string of the molecule is Cc1c[n+]2c(ccc3ccccc32)s1.[O-][Cl+3]([O-])([O-])[O-]. The largest absolute Gasteiger partial charge is 0.267 e. The number of hydrogen-bond acceptors (Lipinski definition) is 5. The Labute approximate surface area is 115 Å². The lowest BCUT2D eigenvalue weighted by molar-refractivity contribution is -2.00. The van der Waals surface area contributed by atoms with Crippen LogP contribution < -0.4 is 23.0 Å². The fourth-order valence-electron chi connectivity index (χ4n) is 1.80. The van der Waals surface area contributed by atoms with Crippen molar-refractivity contribution in [2.24, 2.45) is 0 Å². The topological polar surface area (TPSA) is 96.3 Å². The Balaban J connectivity index is 0.000000232. The van der Waals surface area contributed by atoms with Crippen molar-refractivity contribution in [3.8, 4) is 0 Å². The molecule has 0 atom stereocenters. The highest BCUT2D eigenvalue weighted by Crippen LogP contribution is 2.16. The van der Waals surface area contributed by atoms with Gasteiger partial charge in [0.15, 0.2) is 6.20 Å². The van der Waals surface area contributed by atoms with E-state index in [-0.39, 0.29) is 0 Å². The van der Waals surface area contributed by atoms with Crippen molar-refractivity contribution in [2.45, 2.75) is 6.92 Å². The second kappa shape index (κ2) is 5.38. The standard InChI is InChI=1S/C12H10NS.ClHO4/c1-9-8-13-11-5-3-2-4-10(11)6-7-12(13)14-9;2-1(3,4)5/h2-8H,1H3;(H,2,3,4,5)/q+1;/p-1. The number of rotatable bonds is 0. The summed E-state index contributed by atoms with van der Waals surface area (Å²) in [5, 5.41) is 1.29. The van der Waals surface area contributed by atoms with Crippen molar-refractivity contribution in [3.05, 3.63) is 47.5 Å². The van der Waals surface area contributed by atoms with Crippen LogP contribution in [-0.2, 0) is 0 Å². The van der Waals surface area contributed by atoms with Crippen molar-refractivity contribution >= 4 is 27.1 Å². The maximum absolute atomic E-state index is 8.49. The number of benzene rings is 1. The van der Waals surface area contributed by atoms with E-state index in [0.29, 0.717) is 0 Å². The van der Waals surface area contributed by atoms with Gasteiger partial charge in [0, 0.05) is 17.5 Å². The molecule has 1 aromatic carbocycles. The Morgan fingerprint density at radius 2 is 1.63 bits per heavy atom. The highest BCUT2D eigenvalue weighted by Gasteiger charge is 2.10. The minimum Gasteiger partial charge on any atom is -0.222 e. The fourth-order valence-corrected chi connectivity index (χ4v) is 2.67. The third-order valence-electron chi connectivity index (χ3n) is 2.42. The summed E-state index contributed by atoms with van der Waals surface area (Å²) in [6, 6.07) is 12.8. The van der Waals surface area contributed by atoms with E-state index in [4.69, 9.17) is 18.6 Å². The summed E-state index contributed by atoms with van der Waals surface area (Å²) in [4.78, 5) is 2.66. The van der Waals surface area contributed by atoms with E-state index in [1.807, 2.05) is 11.3 Å². The molecule has 0 N–H and O–H groups in total. The van der Waals surface area contributed by atoms with Crippen molar-refractivity contribution in [3.63, 3.8) is 0 Å². The highest BCUT2D eigenvalue weighted by molar-refractivity contribution is 7.16. The third-order valence-corrected chi connectivity index (χ3v) is 3.38. The Morgan fingerprint density at radius 3 is 2.32 bits per heavy atom. The molecule has 19 heavy (non-hydrogen) atoms. The van der Waals surface area contributed by atoms with Crippen LogP contribution in [0, 0.1) is 17.2 Å². The zero-order valence-corrected chi connectivity index (χ0v) is 11.5. The number of hydrogen-bond donors (Lipinski definition) is 0. The van der Waals surface area contributed by atoms with Gasteiger partial charge in [-0.15, -0.1) is 14.6 Å². The highest BCUT2D eigenvalue weighted by atomic mass is 35.7. The van der Waals surface area contributed by atoms with Gasteiger partial charge in [-0.2, -0.15) is 0 Å². The van der Waals surface area contributed by atoms with Gasteiger partial charge in [-0.1, -0.05) is 23.5 Å². The first kappa shape index (κ1) is 14.1. The summed E-state index contributed by atoms with van der Waals surface area (Å²) in [5.41, 5.74) is 1.29. The van der Waals surface area contributed by atoms with Crippen LogP contribution >= 0.6 is 11.3 Å². The molecular formula is C12H10ClNO4S. The van der Waals surface area contributed by atoms with Crippen LogP contribution in [-0.4, -0.2) is 0 Å². The van der Waals surface area contributed by atoms with Gasteiger partial charge in [-0.25, -0.2) is 18.6 Å². The number of pyridine rings is 1. The Bertz CT molecular complexity index is 702. The first-order valence-electron chi connectivity index (χ1n) is 5.26. The van der Waals surface area contributed by atoms with E-state index in [9.17, 15) is 0 Å². The lowest BCUT2D eigenvalue weighted by atomic mass is 10.2. The molecule has 2 aromatic heterocycles. The predicted octanol–water partition coefficient (Wildman–Crippen LogP) is -1.81. The molecule has 0 aliphatic rings. The molecule has 7 heteroatoms. The summed E-state index contributed by atoms with van der Waals surface area (Å²) in [5.74, 6) is 0. The van der Waals surface area contributed by atoms with E-state index in [1.54, 1.807) is 0 Å². The molecule has 2 heterocycles. The average molecular weight is 300 g/mol. The number of aryl methyl sites for hydroxylation is 1. The van der Waals surface area contributed by atoms with Crippen LogP contribution in [0.1, 0.15) is 4.88 Å². The normalized spacial score (nSPS) is 11.4. The molecule has 0 amide bonds. The zero-order valence-electron chi connectivity index (χ0n) is 9.91. The summed E-state index contributed by atoms with van der Waals surface area (Å²) < 4.78 is 36.2. The number of fused-ring (bicyclic) bond motifs is 3. The molecule has 0 bridgehead atoms. The number of thiazole rings is 1. The van der Waals surface area contributed by atoms with Crippen molar-refractivity contribution in [1.82, 2.24) is 0 Å². The molecule has 0 radical (unpaired) electrons. The van der Waals surface area contributed by atoms with Gasteiger partial charge in [0.25, 0.3) is 4.83 Å². The minimum absolute atomic E-state index is 1.29. The Kier molecular flexibility index (Phi) is 4.00. The van der Waals surface area contributed by atoms with Crippen molar-refractivity contribution in [2.75, 3.05) is 0 Å². The fraction of sp³-hybridized carbons (Fsp3) is 0.0833. The van der Waals surface area contributed by atoms with Gasteiger partial charge < -0.3 is 0 Å². The zero-order chi connectivity index (χ0) is 14.0. The van der Waals surface area contributed by atoms with Crippen molar-refractivity contribution in [1.29, 1.82) is 0 Å². The maximum Gasteiger partial charge on any atom is 0.267 e. The molecular weight excluding hydrogens is 290 g/mol. The molecule has 3 rings (SSSR count). The second-order valence-corrected chi connectivity index (χ2v) is 5.84. The second-order valence-electron chi connectivity index (χ2n) is 3.82. The number of halogens is 1. The van der Waals surface area contributed by atoms with E-state index in [0.717, 1.165) is 0 Å². The van der Waals surface area contributed by atoms with Crippen LogP contribution in [0.5, 0.6) is 0 Å². The van der Waals surface area contributed by atoms with Crippen molar-refractivity contribution < 1.29 is 33.3 Å². The molecule has 0 spiro atoms. The quantitative estimate of drug-likeness (QED) is 0.457. The Hall–Kier alpha value is -1.28. The van der Waals surface area contributed by atoms with Crippen LogP contribution in [0.2, 0.25) is 0 Å². The van der Waals surface area contributed by atoms with Crippen LogP contribution in [0.25, 0.3) is 15.7 Å². The van der Waals surface area contributed by atoms with Gasteiger partial charge in [-0.3, -0.25) is 0 Å². The van der Waals surface area contributed by atoms with Gasteiger partial charge in [0.1, 0.15) is 0 Å². The number of aromatic nitrogens is 1. The molecule has 0 aliphatic carbocycles. The monoisotopic (exact) mass is 299 g/mol. The lowest BCUT2D eigenvalue weighted by Crippen LogP contribution is -2.68. The van der Waals surface area contributed by atoms with E-state index >= 15 is 0 Å². The average Bonchev–Trinajstić information content (AvgIpc) is 2.67. The summed E-state index contributed by atoms with van der Waals surface area (Å²) in [6.07, 6.45) is 2.20. The maximum atomic E-state index is 8.49. The summed E-state index contributed by atoms with van der Waals surface area (Å²) >= 11 is 1.83. The molecule has 0 aliphatic heterocycles. The third kappa shape index (κ3) is 3.84. The predicted molar refractivity (Wildman–Crippen MR) is 59.7 cm³/mol. The number of nitrogens with zero attached hydrogens (tertiary/aromatic N) is 1. The smallest absolute Gasteiger partial charge is 0.222 e. The Morgan fingerprint density at radius 1 is 1.00 bits per heavy atom. The minimum atomic E-state index is -4.94. The van der Waals surface area contributed by atoms with Gasteiger partial charge >= 0.3 is 0 Å². The lowest BCUT2D eigenvalue weighted by Gasteiger charge is -2.17. The molecule has 3 aromatic rings. The van der Waals surface area contributed by atoms with Gasteiger partial charge in [0.2, 0.25) is 5.52 Å². The molecule has 100 valence electrons. The van der Waals surface area contributed by atoms with Gasteiger partial charge in [0.05, 0.1) is 4.88 Å². The van der Waals surface area contributed by atoms with E-state index < -0.39 is 10.2 Å². The van der Waals surface area contributed by atoms with E-state index in [2.05, 4.69) is 53.9 Å². The summed E-state index contributed by atoms with van der Waals surface area (Å²) in [7, 11) is -4.94. The van der Waals surface area contributed by atoms with Crippen LogP contribution in [0.4, 0.5) is 0 Å².